The standard InChI is InChI=1S/C13H14BrNO2S/c1-16-9-6-5-8(13(17-2)11(9)14)12(15)10-4-3-7-18-10/h3-7,12H,15H2,1-2H3. The second-order valence-electron chi connectivity index (χ2n) is 3.70. The quantitative estimate of drug-likeness (QED) is 0.933. The first-order chi connectivity index (χ1) is 8.69. The van der Waals surface area contributed by atoms with Crippen LogP contribution in [-0.2, 0) is 0 Å². The van der Waals surface area contributed by atoms with Crippen molar-refractivity contribution in [3.05, 3.63) is 44.6 Å². The molecule has 0 aliphatic heterocycles. The molecule has 18 heavy (non-hydrogen) atoms. The molecule has 0 saturated carbocycles. The molecule has 0 aliphatic carbocycles. The van der Waals surface area contributed by atoms with E-state index in [4.69, 9.17) is 15.2 Å². The van der Waals surface area contributed by atoms with Gasteiger partial charge in [-0.1, -0.05) is 6.07 Å². The van der Waals surface area contributed by atoms with Crippen molar-refractivity contribution < 1.29 is 9.47 Å². The summed E-state index contributed by atoms with van der Waals surface area (Å²) in [6, 6.07) is 7.64. The lowest BCUT2D eigenvalue weighted by molar-refractivity contribution is 0.385. The molecule has 1 unspecified atom stereocenters. The molecule has 0 amide bonds. The molecule has 0 saturated heterocycles. The van der Waals surface area contributed by atoms with E-state index < -0.39 is 0 Å². The maximum Gasteiger partial charge on any atom is 0.141 e. The van der Waals surface area contributed by atoms with Crippen LogP contribution in [0.15, 0.2) is 34.1 Å². The van der Waals surface area contributed by atoms with E-state index >= 15 is 0 Å². The van der Waals surface area contributed by atoms with Gasteiger partial charge in [0.2, 0.25) is 0 Å². The van der Waals surface area contributed by atoms with Crippen LogP contribution in [0.1, 0.15) is 16.5 Å². The molecule has 2 N–H and O–H groups in total. The van der Waals surface area contributed by atoms with Gasteiger partial charge in [0.25, 0.3) is 0 Å². The average Bonchev–Trinajstić information content (AvgIpc) is 2.91. The molecular formula is C13H14BrNO2S. The number of hydrogen-bond donors (Lipinski definition) is 1. The van der Waals surface area contributed by atoms with Crippen LogP contribution in [0.3, 0.4) is 0 Å². The van der Waals surface area contributed by atoms with Crippen molar-refractivity contribution in [1.29, 1.82) is 0 Å². The van der Waals surface area contributed by atoms with Crippen molar-refractivity contribution in [1.82, 2.24) is 0 Å². The third kappa shape index (κ3) is 2.39. The highest BCUT2D eigenvalue weighted by atomic mass is 79.9. The summed E-state index contributed by atoms with van der Waals surface area (Å²) in [7, 11) is 3.25. The molecular weight excluding hydrogens is 314 g/mol. The van der Waals surface area contributed by atoms with Crippen molar-refractivity contribution in [2.45, 2.75) is 6.04 Å². The van der Waals surface area contributed by atoms with Gasteiger partial charge in [-0.2, -0.15) is 0 Å². The number of benzene rings is 1. The Balaban J connectivity index is 2.48. The molecule has 0 spiro atoms. The van der Waals surface area contributed by atoms with Gasteiger partial charge in [-0.15, -0.1) is 11.3 Å². The lowest BCUT2D eigenvalue weighted by Gasteiger charge is -2.17. The lowest BCUT2D eigenvalue weighted by atomic mass is 10.0. The monoisotopic (exact) mass is 327 g/mol. The number of nitrogens with two attached hydrogens (primary N) is 1. The van der Waals surface area contributed by atoms with E-state index in [1.165, 1.54) is 0 Å². The van der Waals surface area contributed by atoms with E-state index in [2.05, 4.69) is 15.9 Å². The first-order valence-corrected chi connectivity index (χ1v) is 7.05. The van der Waals surface area contributed by atoms with Crippen molar-refractivity contribution in [3.63, 3.8) is 0 Å². The van der Waals surface area contributed by atoms with Gasteiger partial charge in [0.05, 0.1) is 20.3 Å². The van der Waals surface area contributed by atoms with Gasteiger partial charge in [0.15, 0.2) is 0 Å². The molecule has 0 bridgehead atoms. The Morgan fingerprint density at radius 1 is 1.22 bits per heavy atom. The summed E-state index contributed by atoms with van der Waals surface area (Å²) < 4.78 is 11.5. The van der Waals surface area contributed by atoms with Gasteiger partial charge in [0.1, 0.15) is 16.0 Å². The van der Waals surface area contributed by atoms with E-state index in [1.807, 2.05) is 29.6 Å². The summed E-state index contributed by atoms with van der Waals surface area (Å²) in [6.45, 7) is 0. The fourth-order valence-electron chi connectivity index (χ4n) is 1.78. The minimum atomic E-state index is -0.192. The molecule has 1 heterocycles. The third-order valence-corrected chi connectivity index (χ3v) is 4.41. The zero-order chi connectivity index (χ0) is 13.1. The summed E-state index contributed by atoms with van der Waals surface area (Å²) in [5, 5.41) is 2.01. The predicted molar refractivity (Wildman–Crippen MR) is 77.6 cm³/mol. The molecule has 2 rings (SSSR count). The molecule has 3 nitrogen and oxygen atoms in total. The Morgan fingerprint density at radius 3 is 2.56 bits per heavy atom. The molecule has 1 aromatic carbocycles. The van der Waals surface area contributed by atoms with Gasteiger partial charge >= 0.3 is 0 Å². The molecule has 2 aromatic rings. The van der Waals surface area contributed by atoms with Gasteiger partial charge in [-0.25, -0.2) is 0 Å². The normalized spacial score (nSPS) is 12.2. The molecule has 96 valence electrons. The Labute approximate surface area is 119 Å². The summed E-state index contributed by atoms with van der Waals surface area (Å²) in [4.78, 5) is 1.10. The summed E-state index contributed by atoms with van der Waals surface area (Å²) in [6.07, 6.45) is 0. The van der Waals surface area contributed by atoms with Crippen molar-refractivity contribution in [2.75, 3.05) is 14.2 Å². The summed E-state index contributed by atoms with van der Waals surface area (Å²) in [5.41, 5.74) is 7.20. The topological polar surface area (TPSA) is 44.5 Å². The second-order valence-corrected chi connectivity index (χ2v) is 5.47. The predicted octanol–water partition coefficient (Wildman–Crippen LogP) is 3.58. The fourth-order valence-corrected chi connectivity index (χ4v) is 3.21. The largest absolute Gasteiger partial charge is 0.495 e. The van der Waals surface area contributed by atoms with Crippen molar-refractivity contribution in [2.24, 2.45) is 5.73 Å². The van der Waals surface area contributed by atoms with E-state index in [1.54, 1.807) is 25.6 Å². The van der Waals surface area contributed by atoms with Gasteiger partial charge in [-0.05, 0) is 39.5 Å². The van der Waals surface area contributed by atoms with Crippen LogP contribution in [0.25, 0.3) is 0 Å². The van der Waals surface area contributed by atoms with Crippen molar-refractivity contribution in [3.8, 4) is 11.5 Å². The van der Waals surface area contributed by atoms with Gasteiger partial charge < -0.3 is 15.2 Å². The number of thiophene rings is 1. The first kappa shape index (κ1) is 13.4. The zero-order valence-electron chi connectivity index (χ0n) is 10.1. The SMILES string of the molecule is COc1ccc(C(N)c2cccs2)c(OC)c1Br. The van der Waals surface area contributed by atoms with Crippen LogP contribution in [0, 0.1) is 0 Å². The van der Waals surface area contributed by atoms with E-state index in [9.17, 15) is 0 Å². The molecule has 0 radical (unpaired) electrons. The summed E-state index contributed by atoms with van der Waals surface area (Å²) in [5.74, 6) is 1.45. The Morgan fingerprint density at radius 2 is 2.00 bits per heavy atom. The highest BCUT2D eigenvalue weighted by Crippen LogP contribution is 2.41. The van der Waals surface area contributed by atoms with Crippen LogP contribution in [0.2, 0.25) is 0 Å². The second kappa shape index (κ2) is 5.73. The lowest BCUT2D eigenvalue weighted by Crippen LogP contribution is -2.12. The maximum atomic E-state index is 6.27. The van der Waals surface area contributed by atoms with Gasteiger partial charge in [0, 0.05) is 10.4 Å². The van der Waals surface area contributed by atoms with E-state index in [0.29, 0.717) is 0 Å². The summed E-state index contributed by atoms with van der Waals surface area (Å²) >= 11 is 5.12. The minimum Gasteiger partial charge on any atom is -0.495 e. The van der Waals surface area contributed by atoms with Crippen LogP contribution >= 0.6 is 27.3 Å². The molecule has 5 heteroatoms. The fraction of sp³-hybridized carbons (Fsp3) is 0.231. The number of methoxy groups -OCH3 is 2. The molecule has 1 atom stereocenters. The highest BCUT2D eigenvalue weighted by molar-refractivity contribution is 9.10. The Bertz CT molecular complexity index is 528. The highest BCUT2D eigenvalue weighted by Gasteiger charge is 2.19. The van der Waals surface area contributed by atoms with Crippen LogP contribution in [0.5, 0.6) is 11.5 Å². The zero-order valence-corrected chi connectivity index (χ0v) is 12.5. The van der Waals surface area contributed by atoms with Gasteiger partial charge in [-0.3, -0.25) is 0 Å². The number of ether oxygens (including phenoxy) is 2. The third-order valence-electron chi connectivity index (χ3n) is 2.70. The molecule has 1 aromatic heterocycles. The van der Waals surface area contributed by atoms with E-state index in [0.717, 1.165) is 26.4 Å². The molecule has 0 aliphatic rings. The average molecular weight is 328 g/mol. The van der Waals surface area contributed by atoms with Crippen LogP contribution in [0.4, 0.5) is 0 Å². The van der Waals surface area contributed by atoms with Crippen LogP contribution < -0.4 is 15.2 Å². The number of rotatable bonds is 4. The molecule has 0 fully saturated rings. The maximum absolute atomic E-state index is 6.27. The van der Waals surface area contributed by atoms with Crippen LogP contribution in [-0.4, -0.2) is 14.2 Å². The number of halogens is 1. The smallest absolute Gasteiger partial charge is 0.141 e. The Kier molecular flexibility index (Phi) is 4.27. The first-order valence-electron chi connectivity index (χ1n) is 5.38. The van der Waals surface area contributed by atoms with Crippen molar-refractivity contribution >= 4 is 27.3 Å². The minimum absolute atomic E-state index is 0.192. The Hall–Kier alpha value is -1.04. The number of hydrogen-bond acceptors (Lipinski definition) is 4. The van der Waals surface area contributed by atoms with E-state index in [-0.39, 0.29) is 6.04 Å².